The summed E-state index contributed by atoms with van der Waals surface area (Å²) in [5.41, 5.74) is -0.616. The van der Waals surface area contributed by atoms with E-state index < -0.39 is 27.8 Å². The van der Waals surface area contributed by atoms with Crippen molar-refractivity contribution >= 4 is 26.0 Å². The third-order valence-electron chi connectivity index (χ3n) is 3.48. The maximum Gasteiger partial charge on any atom is 0.416 e. The van der Waals surface area contributed by atoms with Crippen molar-refractivity contribution in [2.24, 2.45) is 0 Å². The molecule has 0 amide bonds. The van der Waals surface area contributed by atoms with Gasteiger partial charge in [0, 0.05) is 6.04 Å². The summed E-state index contributed by atoms with van der Waals surface area (Å²) in [5.74, 6) is 0.463. The molecule has 2 aromatic rings. The van der Waals surface area contributed by atoms with Crippen molar-refractivity contribution in [2.75, 3.05) is 7.11 Å². The molecule has 0 aliphatic rings. The van der Waals surface area contributed by atoms with Crippen molar-refractivity contribution in [1.29, 1.82) is 0 Å². The Hall–Kier alpha value is -1.58. The topological polar surface area (TPSA) is 55.4 Å². The first-order valence-corrected chi connectivity index (χ1v) is 9.35. The van der Waals surface area contributed by atoms with E-state index in [0.29, 0.717) is 10.2 Å². The molecule has 0 unspecified atom stereocenters. The molecule has 9 heteroatoms. The quantitative estimate of drug-likeness (QED) is 0.747. The van der Waals surface area contributed by atoms with Gasteiger partial charge in [0.25, 0.3) is 0 Å². The number of nitrogens with one attached hydrogen (secondary N) is 1. The molecule has 0 heterocycles. The molecule has 0 aromatic heterocycles. The van der Waals surface area contributed by atoms with Gasteiger partial charge in [-0.3, -0.25) is 0 Å². The number of rotatable bonds is 5. The third kappa shape index (κ3) is 4.74. The first kappa shape index (κ1) is 19.7. The number of ether oxygens (including phenoxy) is 1. The molecule has 0 saturated heterocycles. The molecule has 0 aliphatic heterocycles. The predicted octanol–water partition coefficient (Wildman–Crippen LogP) is 4.52. The molecule has 25 heavy (non-hydrogen) atoms. The molecule has 0 radical (unpaired) electrons. The molecule has 1 atom stereocenters. The second-order valence-electron chi connectivity index (χ2n) is 5.26. The van der Waals surface area contributed by atoms with E-state index in [1.807, 2.05) is 0 Å². The fourth-order valence-electron chi connectivity index (χ4n) is 2.17. The normalized spacial score (nSPS) is 13.5. The average Bonchev–Trinajstić information content (AvgIpc) is 2.53. The first-order chi connectivity index (χ1) is 11.5. The largest absolute Gasteiger partial charge is 0.496 e. The van der Waals surface area contributed by atoms with Crippen LogP contribution in [0.2, 0.25) is 0 Å². The van der Waals surface area contributed by atoms with Gasteiger partial charge in [0.15, 0.2) is 0 Å². The van der Waals surface area contributed by atoms with Crippen LogP contribution in [0.25, 0.3) is 0 Å². The third-order valence-corrected chi connectivity index (χ3v) is 5.64. The minimum atomic E-state index is -4.49. The molecule has 0 spiro atoms. The van der Waals surface area contributed by atoms with Crippen molar-refractivity contribution in [2.45, 2.75) is 24.0 Å². The Morgan fingerprint density at radius 2 is 1.84 bits per heavy atom. The van der Waals surface area contributed by atoms with E-state index in [0.717, 1.165) is 12.1 Å². The Bertz CT molecular complexity index is 869. The monoisotopic (exact) mass is 437 g/mol. The minimum absolute atomic E-state index is 0.0287. The zero-order valence-corrected chi connectivity index (χ0v) is 15.7. The van der Waals surface area contributed by atoms with E-state index in [1.54, 1.807) is 0 Å². The number of benzene rings is 2. The zero-order valence-electron chi connectivity index (χ0n) is 13.3. The first-order valence-electron chi connectivity index (χ1n) is 7.07. The van der Waals surface area contributed by atoms with Crippen molar-refractivity contribution in [1.82, 2.24) is 4.72 Å². The SMILES string of the molecule is COc1ccc(S(=O)(=O)N[C@@H](C)c2cccc(C(F)(F)F)c2)cc1Br. The van der Waals surface area contributed by atoms with Gasteiger partial charge in [-0.25, -0.2) is 13.1 Å². The molecule has 136 valence electrons. The summed E-state index contributed by atoms with van der Waals surface area (Å²) >= 11 is 3.20. The fourth-order valence-corrected chi connectivity index (χ4v) is 4.12. The number of halogens is 4. The lowest BCUT2D eigenvalue weighted by Gasteiger charge is -2.17. The highest BCUT2D eigenvalue weighted by Crippen LogP contribution is 2.31. The van der Waals surface area contributed by atoms with Crippen LogP contribution in [0.4, 0.5) is 13.2 Å². The lowest BCUT2D eigenvalue weighted by Crippen LogP contribution is -2.27. The zero-order chi connectivity index (χ0) is 18.8. The molecular weight excluding hydrogens is 423 g/mol. The molecule has 1 N–H and O–H groups in total. The fraction of sp³-hybridized carbons (Fsp3) is 0.250. The summed E-state index contributed by atoms with van der Waals surface area (Å²) in [5, 5.41) is 0. The summed E-state index contributed by atoms with van der Waals surface area (Å²) in [4.78, 5) is -0.0287. The van der Waals surface area contributed by atoms with E-state index in [1.165, 1.54) is 44.4 Å². The number of alkyl halides is 3. The summed E-state index contributed by atoms with van der Waals surface area (Å²) < 4.78 is 71.2. The second kappa shape index (κ2) is 7.35. The van der Waals surface area contributed by atoms with Gasteiger partial charge in [-0.05, 0) is 58.7 Å². The van der Waals surface area contributed by atoms with Gasteiger partial charge >= 0.3 is 6.18 Å². The standard InChI is InChI=1S/C16H15BrF3NO3S/c1-10(11-4-3-5-12(8-11)16(18,19)20)21-25(22,23)13-6-7-15(24-2)14(17)9-13/h3-10,21H,1-2H3/t10-/m0/s1. The average molecular weight is 438 g/mol. The maximum atomic E-state index is 12.8. The molecule has 2 rings (SSSR count). The number of hydrogen-bond donors (Lipinski definition) is 1. The molecule has 0 fully saturated rings. The molecule has 0 bridgehead atoms. The molecular formula is C16H15BrF3NO3S. The Balaban J connectivity index is 2.27. The van der Waals surface area contributed by atoms with E-state index in [4.69, 9.17) is 4.74 Å². The maximum absolute atomic E-state index is 12.8. The predicted molar refractivity (Wildman–Crippen MR) is 90.9 cm³/mol. The molecule has 4 nitrogen and oxygen atoms in total. The van der Waals surface area contributed by atoms with Gasteiger partial charge in [0.1, 0.15) is 5.75 Å². The van der Waals surface area contributed by atoms with E-state index in [-0.39, 0.29) is 10.5 Å². The van der Waals surface area contributed by atoms with Crippen LogP contribution in [0.3, 0.4) is 0 Å². The Kier molecular flexibility index (Phi) is 5.80. The van der Waals surface area contributed by atoms with Crippen LogP contribution in [-0.2, 0) is 16.2 Å². The Morgan fingerprint density at radius 1 is 1.16 bits per heavy atom. The van der Waals surface area contributed by atoms with Crippen molar-refractivity contribution in [3.63, 3.8) is 0 Å². The second-order valence-corrected chi connectivity index (χ2v) is 7.83. The van der Waals surface area contributed by atoms with E-state index in [9.17, 15) is 21.6 Å². The van der Waals surface area contributed by atoms with Gasteiger partial charge in [-0.2, -0.15) is 13.2 Å². The van der Waals surface area contributed by atoms with Gasteiger partial charge in [0.2, 0.25) is 10.0 Å². The highest BCUT2D eigenvalue weighted by molar-refractivity contribution is 9.10. The Morgan fingerprint density at radius 3 is 2.40 bits per heavy atom. The van der Waals surface area contributed by atoms with Crippen molar-refractivity contribution < 1.29 is 26.3 Å². The van der Waals surface area contributed by atoms with Crippen LogP contribution in [0.1, 0.15) is 24.1 Å². The van der Waals surface area contributed by atoms with Crippen molar-refractivity contribution in [3.8, 4) is 5.75 Å². The summed E-state index contributed by atoms with van der Waals surface area (Å²) in [6.45, 7) is 1.48. The van der Waals surface area contributed by atoms with Gasteiger partial charge in [-0.1, -0.05) is 12.1 Å². The highest BCUT2D eigenvalue weighted by atomic mass is 79.9. The van der Waals surface area contributed by atoms with E-state index >= 15 is 0 Å². The number of methoxy groups -OCH3 is 1. The summed E-state index contributed by atoms with van der Waals surface area (Å²) in [7, 11) is -2.47. The van der Waals surface area contributed by atoms with E-state index in [2.05, 4.69) is 20.7 Å². The van der Waals surface area contributed by atoms with Gasteiger partial charge in [-0.15, -0.1) is 0 Å². The van der Waals surface area contributed by atoms with Crippen molar-refractivity contribution in [3.05, 3.63) is 58.1 Å². The van der Waals surface area contributed by atoms with Crippen LogP contribution in [0.15, 0.2) is 51.8 Å². The number of sulfonamides is 1. The van der Waals surface area contributed by atoms with Gasteiger partial charge in [0.05, 0.1) is 22.0 Å². The van der Waals surface area contributed by atoms with Crippen LogP contribution in [0, 0.1) is 0 Å². The minimum Gasteiger partial charge on any atom is -0.496 e. The van der Waals surface area contributed by atoms with Crippen LogP contribution in [-0.4, -0.2) is 15.5 Å². The lowest BCUT2D eigenvalue weighted by molar-refractivity contribution is -0.137. The molecule has 0 aliphatic carbocycles. The summed E-state index contributed by atoms with van der Waals surface area (Å²) in [6.07, 6.45) is -4.49. The Labute approximate surface area is 152 Å². The van der Waals surface area contributed by atoms with Crippen LogP contribution < -0.4 is 9.46 Å². The number of hydrogen-bond acceptors (Lipinski definition) is 3. The smallest absolute Gasteiger partial charge is 0.416 e. The summed E-state index contributed by atoms with van der Waals surface area (Å²) in [6, 6.07) is 7.90. The van der Waals surface area contributed by atoms with Crippen LogP contribution >= 0.6 is 15.9 Å². The lowest BCUT2D eigenvalue weighted by atomic mass is 10.1. The van der Waals surface area contributed by atoms with Gasteiger partial charge < -0.3 is 4.74 Å². The molecule has 2 aromatic carbocycles. The van der Waals surface area contributed by atoms with Crippen LogP contribution in [0.5, 0.6) is 5.75 Å². The molecule has 0 saturated carbocycles. The highest BCUT2D eigenvalue weighted by Gasteiger charge is 2.31.